The van der Waals surface area contributed by atoms with E-state index in [2.05, 4.69) is 10.1 Å². The minimum Gasteiger partial charge on any atom is -0.392 e. The standard InChI is InChI=1S/C15H19Cl2N3O4/c16-13-6-4-5-12(14(13)20(22)23)15(17)18-24-10-11(21)9-19-7-2-1-3-8-19/h4-6,11,21H,1-3,7-10H2. The normalized spacial score (nSPS) is 17.5. The van der Waals surface area contributed by atoms with Crippen LogP contribution in [0.1, 0.15) is 24.8 Å². The number of nitrogens with zero attached hydrogens (tertiary/aromatic N) is 3. The van der Waals surface area contributed by atoms with E-state index in [4.69, 9.17) is 28.0 Å². The maximum Gasteiger partial charge on any atom is 0.298 e. The summed E-state index contributed by atoms with van der Waals surface area (Å²) in [6, 6.07) is 4.37. The highest BCUT2D eigenvalue weighted by molar-refractivity contribution is 6.70. The highest BCUT2D eigenvalue weighted by Gasteiger charge is 2.22. The number of benzene rings is 1. The summed E-state index contributed by atoms with van der Waals surface area (Å²) >= 11 is 11.8. The Bertz CT molecular complexity index is 606. The van der Waals surface area contributed by atoms with Crippen LogP contribution in [0.15, 0.2) is 23.4 Å². The molecule has 7 nitrogen and oxygen atoms in total. The molecule has 0 aromatic heterocycles. The van der Waals surface area contributed by atoms with Crippen molar-refractivity contribution in [3.8, 4) is 0 Å². The number of aliphatic hydroxyl groups is 1. The van der Waals surface area contributed by atoms with E-state index in [0.717, 1.165) is 25.9 Å². The highest BCUT2D eigenvalue weighted by atomic mass is 35.5. The number of β-amino-alcohol motifs (C(OH)–C–C–N with tert-alkyl or cyclic N) is 1. The van der Waals surface area contributed by atoms with Gasteiger partial charge in [-0.25, -0.2) is 0 Å². The molecule has 1 heterocycles. The van der Waals surface area contributed by atoms with Crippen molar-refractivity contribution in [3.05, 3.63) is 38.9 Å². The lowest BCUT2D eigenvalue weighted by molar-refractivity contribution is -0.384. The smallest absolute Gasteiger partial charge is 0.298 e. The molecule has 1 saturated heterocycles. The molecule has 1 unspecified atom stereocenters. The largest absolute Gasteiger partial charge is 0.392 e. The summed E-state index contributed by atoms with van der Waals surface area (Å²) in [6.07, 6.45) is 2.79. The van der Waals surface area contributed by atoms with E-state index in [1.54, 1.807) is 0 Å². The minimum atomic E-state index is -0.703. The second-order valence-corrected chi connectivity index (χ2v) is 6.35. The van der Waals surface area contributed by atoms with Crippen LogP contribution in [0.25, 0.3) is 0 Å². The summed E-state index contributed by atoms with van der Waals surface area (Å²) in [5.41, 5.74) is -0.259. The molecule has 132 valence electrons. The molecule has 1 aliphatic rings. The van der Waals surface area contributed by atoms with Gasteiger partial charge in [0.05, 0.1) is 10.5 Å². The van der Waals surface area contributed by atoms with Gasteiger partial charge in [0.1, 0.15) is 17.7 Å². The molecule has 1 aliphatic heterocycles. The number of nitro groups is 1. The quantitative estimate of drug-likeness (QED) is 0.449. The van der Waals surface area contributed by atoms with Gasteiger partial charge in [-0.2, -0.15) is 0 Å². The third-order valence-electron chi connectivity index (χ3n) is 3.72. The number of hydrogen-bond donors (Lipinski definition) is 1. The van der Waals surface area contributed by atoms with Gasteiger partial charge in [0.15, 0.2) is 5.17 Å². The summed E-state index contributed by atoms with van der Waals surface area (Å²) in [5.74, 6) is 0. The SMILES string of the molecule is O=[N+]([O-])c1c(Cl)cccc1C(Cl)=NOCC(O)CN1CCCCC1. The number of hydrogen-bond acceptors (Lipinski definition) is 6. The summed E-state index contributed by atoms with van der Waals surface area (Å²) in [7, 11) is 0. The van der Waals surface area contributed by atoms with Gasteiger partial charge >= 0.3 is 0 Å². The molecule has 1 fully saturated rings. The van der Waals surface area contributed by atoms with Crippen LogP contribution >= 0.6 is 23.2 Å². The Kier molecular flexibility index (Phi) is 7.23. The molecule has 24 heavy (non-hydrogen) atoms. The molecular formula is C15H19Cl2N3O4. The Morgan fingerprint density at radius 2 is 2.12 bits per heavy atom. The number of aliphatic hydroxyl groups excluding tert-OH is 1. The fourth-order valence-corrected chi connectivity index (χ4v) is 3.03. The van der Waals surface area contributed by atoms with Crippen LogP contribution in [0.5, 0.6) is 0 Å². The molecular weight excluding hydrogens is 357 g/mol. The van der Waals surface area contributed by atoms with Gasteiger partial charge in [-0.15, -0.1) is 0 Å². The van der Waals surface area contributed by atoms with Crippen molar-refractivity contribution in [1.29, 1.82) is 0 Å². The number of oxime groups is 1. The number of likely N-dealkylation sites (tertiary alicyclic amines) is 1. The van der Waals surface area contributed by atoms with Crippen molar-refractivity contribution in [2.45, 2.75) is 25.4 Å². The van der Waals surface area contributed by atoms with E-state index < -0.39 is 11.0 Å². The lowest BCUT2D eigenvalue weighted by Gasteiger charge is -2.27. The van der Waals surface area contributed by atoms with Crippen molar-refractivity contribution in [1.82, 2.24) is 4.90 Å². The number of nitro benzene ring substituents is 1. The maximum atomic E-state index is 11.1. The number of piperidine rings is 1. The Labute approximate surface area is 149 Å². The first-order valence-electron chi connectivity index (χ1n) is 7.68. The van der Waals surface area contributed by atoms with Crippen LogP contribution in [0.3, 0.4) is 0 Å². The molecule has 0 bridgehead atoms. The van der Waals surface area contributed by atoms with Crippen LogP contribution < -0.4 is 0 Å². The second-order valence-electron chi connectivity index (χ2n) is 5.59. The fourth-order valence-electron chi connectivity index (χ4n) is 2.59. The average molecular weight is 376 g/mol. The first-order valence-corrected chi connectivity index (χ1v) is 8.43. The van der Waals surface area contributed by atoms with Gasteiger partial charge in [-0.05, 0) is 38.1 Å². The average Bonchev–Trinajstić information content (AvgIpc) is 2.55. The van der Waals surface area contributed by atoms with Crippen LogP contribution in [-0.2, 0) is 4.84 Å². The lowest BCUT2D eigenvalue weighted by atomic mass is 10.1. The van der Waals surface area contributed by atoms with Crippen molar-refractivity contribution >= 4 is 34.1 Å². The first-order chi connectivity index (χ1) is 11.5. The topological polar surface area (TPSA) is 88.2 Å². The van der Waals surface area contributed by atoms with E-state index in [-0.39, 0.29) is 28.1 Å². The molecule has 2 rings (SSSR count). The van der Waals surface area contributed by atoms with Crippen molar-refractivity contribution in [3.63, 3.8) is 0 Å². The zero-order chi connectivity index (χ0) is 17.5. The van der Waals surface area contributed by atoms with Gasteiger partial charge in [-0.3, -0.25) is 10.1 Å². The van der Waals surface area contributed by atoms with Crippen molar-refractivity contribution < 1.29 is 14.9 Å². The monoisotopic (exact) mass is 375 g/mol. The van der Waals surface area contributed by atoms with Gasteiger partial charge in [-0.1, -0.05) is 40.8 Å². The summed E-state index contributed by atoms with van der Waals surface area (Å²) < 4.78 is 0. The maximum absolute atomic E-state index is 11.1. The van der Waals surface area contributed by atoms with E-state index >= 15 is 0 Å². The van der Waals surface area contributed by atoms with E-state index in [0.29, 0.717) is 6.54 Å². The predicted molar refractivity (Wildman–Crippen MR) is 92.7 cm³/mol. The van der Waals surface area contributed by atoms with Crippen molar-refractivity contribution in [2.24, 2.45) is 5.16 Å². The van der Waals surface area contributed by atoms with Crippen LogP contribution in [0, 0.1) is 10.1 Å². The van der Waals surface area contributed by atoms with E-state index in [1.165, 1.54) is 24.6 Å². The van der Waals surface area contributed by atoms with E-state index in [9.17, 15) is 15.2 Å². The van der Waals surface area contributed by atoms with Gasteiger partial charge in [0.2, 0.25) is 0 Å². The molecule has 1 aromatic rings. The molecule has 9 heteroatoms. The zero-order valence-electron chi connectivity index (χ0n) is 13.0. The Hall–Kier alpha value is -1.41. The third kappa shape index (κ3) is 5.31. The van der Waals surface area contributed by atoms with Gasteiger partial charge in [0, 0.05) is 6.54 Å². The van der Waals surface area contributed by atoms with E-state index in [1.807, 2.05) is 0 Å². The highest BCUT2D eigenvalue weighted by Crippen LogP contribution is 2.29. The van der Waals surface area contributed by atoms with Crippen molar-refractivity contribution in [2.75, 3.05) is 26.2 Å². The molecule has 0 radical (unpaired) electrons. The Morgan fingerprint density at radius 1 is 1.42 bits per heavy atom. The number of halogens is 2. The molecule has 1 aromatic carbocycles. The Balaban J connectivity index is 1.92. The summed E-state index contributed by atoms with van der Waals surface area (Å²) in [6.45, 7) is 2.40. The van der Waals surface area contributed by atoms with Gasteiger partial charge in [0.25, 0.3) is 5.69 Å². The molecule has 0 amide bonds. The zero-order valence-corrected chi connectivity index (χ0v) is 14.5. The number of rotatable bonds is 7. The van der Waals surface area contributed by atoms with Crippen LogP contribution in [0.2, 0.25) is 5.02 Å². The Morgan fingerprint density at radius 3 is 2.79 bits per heavy atom. The molecule has 0 saturated carbocycles. The molecule has 1 atom stereocenters. The second kappa shape index (κ2) is 9.17. The molecule has 0 aliphatic carbocycles. The van der Waals surface area contributed by atoms with Crippen LogP contribution in [0.4, 0.5) is 5.69 Å². The van der Waals surface area contributed by atoms with Gasteiger partial charge < -0.3 is 14.8 Å². The van der Waals surface area contributed by atoms with Crippen LogP contribution in [-0.4, -0.2) is 52.4 Å². The molecule has 1 N–H and O–H groups in total. The summed E-state index contributed by atoms with van der Waals surface area (Å²) in [4.78, 5) is 17.7. The third-order valence-corrected chi connectivity index (χ3v) is 4.30. The summed E-state index contributed by atoms with van der Waals surface area (Å²) in [5, 5.41) is 24.5. The number of para-hydroxylation sites is 1. The fraction of sp³-hybridized carbons (Fsp3) is 0.533. The molecule has 0 spiro atoms. The predicted octanol–water partition coefficient (Wildman–Crippen LogP) is 3.01. The first kappa shape index (κ1) is 18.9. The minimum absolute atomic E-state index is 0.0315. The lowest BCUT2D eigenvalue weighted by Crippen LogP contribution is -2.38.